The molecule has 0 bridgehead atoms. The highest BCUT2D eigenvalue weighted by Gasteiger charge is 2.32. The number of rotatable bonds is 5. The van der Waals surface area contributed by atoms with Gasteiger partial charge in [-0.3, -0.25) is 9.59 Å². The van der Waals surface area contributed by atoms with Crippen LogP contribution >= 0.6 is 0 Å². The van der Waals surface area contributed by atoms with Crippen molar-refractivity contribution < 1.29 is 4.79 Å². The van der Waals surface area contributed by atoms with Gasteiger partial charge >= 0.3 is 0 Å². The van der Waals surface area contributed by atoms with E-state index in [-0.39, 0.29) is 11.5 Å². The summed E-state index contributed by atoms with van der Waals surface area (Å²) in [7, 11) is 0. The SMILES string of the molecule is O=C(CCc1nc2ccccc2c(=O)[nH]1)NC[C@H]1CCCN2CCCC[C@H]12. The van der Waals surface area contributed by atoms with E-state index >= 15 is 0 Å². The number of fused-ring (bicyclic) bond motifs is 2. The van der Waals surface area contributed by atoms with Gasteiger partial charge in [-0.15, -0.1) is 0 Å². The van der Waals surface area contributed by atoms with Crippen LogP contribution in [0.2, 0.25) is 0 Å². The third-order valence-corrected chi connectivity index (χ3v) is 6.04. The number of para-hydroxylation sites is 1. The Morgan fingerprint density at radius 1 is 1.19 bits per heavy atom. The van der Waals surface area contributed by atoms with Crippen molar-refractivity contribution in [1.29, 1.82) is 0 Å². The molecule has 1 amide bonds. The molecule has 144 valence electrons. The molecule has 1 aromatic carbocycles. The van der Waals surface area contributed by atoms with Crippen LogP contribution in [0.4, 0.5) is 0 Å². The second kappa shape index (κ2) is 8.21. The number of amides is 1. The van der Waals surface area contributed by atoms with E-state index < -0.39 is 0 Å². The number of nitrogens with zero attached hydrogens (tertiary/aromatic N) is 2. The van der Waals surface area contributed by atoms with Crippen LogP contribution in [0.1, 0.15) is 44.3 Å². The first-order chi connectivity index (χ1) is 13.2. The van der Waals surface area contributed by atoms with E-state index in [1.807, 2.05) is 18.2 Å². The Bertz CT molecular complexity index is 861. The van der Waals surface area contributed by atoms with Crippen molar-refractivity contribution in [3.8, 4) is 0 Å². The van der Waals surface area contributed by atoms with Crippen molar-refractivity contribution in [3.63, 3.8) is 0 Å². The molecule has 2 atom stereocenters. The minimum Gasteiger partial charge on any atom is -0.356 e. The summed E-state index contributed by atoms with van der Waals surface area (Å²) in [6.45, 7) is 3.20. The van der Waals surface area contributed by atoms with Gasteiger partial charge in [0.05, 0.1) is 10.9 Å². The lowest BCUT2D eigenvalue weighted by Gasteiger charge is -2.44. The largest absolute Gasteiger partial charge is 0.356 e. The molecular weight excluding hydrogens is 340 g/mol. The zero-order chi connectivity index (χ0) is 18.6. The second-order valence-electron chi connectivity index (χ2n) is 7.84. The predicted octanol–water partition coefficient (Wildman–Crippen LogP) is 2.24. The fourth-order valence-electron chi connectivity index (χ4n) is 4.63. The van der Waals surface area contributed by atoms with E-state index in [2.05, 4.69) is 20.2 Å². The molecule has 2 aromatic rings. The van der Waals surface area contributed by atoms with Crippen molar-refractivity contribution in [2.45, 2.75) is 51.0 Å². The summed E-state index contributed by atoms with van der Waals surface area (Å²) in [6.07, 6.45) is 7.14. The molecule has 6 nitrogen and oxygen atoms in total. The number of carbonyl (C=O) groups excluding carboxylic acids is 1. The van der Waals surface area contributed by atoms with E-state index in [0.29, 0.717) is 41.5 Å². The van der Waals surface area contributed by atoms with Crippen molar-refractivity contribution in [2.24, 2.45) is 5.92 Å². The van der Waals surface area contributed by atoms with Gasteiger partial charge in [-0.05, 0) is 56.8 Å². The fraction of sp³-hybridized carbons (Fsp3) is 0.571. The highest BCUT2D eigenvalue weighted by Crippen LogP contribution is 2.30. The molecule has 3 heterocycles. The average Bonchev–Trinajstić information content (AvgIpc) is 2.71. The maximum atomic E-state index is 12.3. The first-order valence-corrected chi connectivity index (χ1v) is 10.2. The molecule has 0 saturated carbocycles. The van der Waals surface area contributed by atoms with Gasteiger partial charge in [0.2, 0.25) is 5.91 Å². The van der Waals surface area contributed by atoms with Gasteiger partial charge in [-0.2, -0.15) is 0 Å². The topological polar surface area (TPSA) is 78.1 Å². The number of H-pyrrole nitrogens is 1. The third-order valence-electron chi connectivity index (χ3n) is 6.04. The highest BCUT2D eigenvalue weighted by molar-refractivity contribution is 5.78. The van der Waals surface area contributed by atoms with Crippen LogP contribution in [-0.2, 0) is 11.2 Å². The molecule has 2 N–H and O–H groups in total. The van der Waals surface area contributed by atoms with E-state index in [4.69, 9.17) is 0 Å². The van der Waals surface area contributed by atoms with Gasteiger partial charge in [0.25, 0.3) is 5.56 Å². The Morgan fingerprint density at radius 2 is 2.04 bits per heavy atom. The van der Waals surface area contributed by atoms with Crippen LogP contribution in [0.25, 0.3) is 10.9 Å². The average molecular weight is 368 g/mol. The highest BCUT2D eigenvalue weighted by atomic mass is 16.1. The quantitative estimate of drug-likeness (QED) is 0.848. The lowest BCUT2D eigenvalue weighted by atomic mass is 9.83. The molecule has 0 spiro atoms. The lowest BCUT2D eigenvalue weighted by Crippen LogP contribution is -2.51. The molecule has 6 heteroatoms. The summed E-state index contributed by atoms with van der Waals surface area (Å²) in [6, 6.07) is 7.92. The molecular formula is C21H28N4O2. The second-order valence-corrected chi connectivity index (χ2v) is 7.84. The number of carbonyl (C=O) groups is 1. The molecule has 4 rings (SSSR count). The smallest absolute Gasteiger partial charge is 0.258 e. The van der Waals surface area contributed by atoms with Gasteiger partial charge in [0, 0.05) is 25.4 Å². The van der Waals surface area contributed by atoms with Crippen molar-refractivity contribution >= 4 is 16.8 Å². The number of piperidine rings is 2. The molecule has 1 aromatic heterocycles. The standard InChI is InChI=1S/C21H28N4O2/c26-20(22-14-15-6-5-13-25-12-4-3-9-18(15)25)11-10-19-23-17-8-2-1-7-16(17)21(27)24-19/h1-2,7-8,15,18H,3-6,9-14H2,(H,22,26)(H,23,24,27)/t15-,18-/m1/s1. The van der Waals surface area contributed by atoms with Crippen LogP contribution in [0, 0.1) is 5.92 Å². The predicted molar refractivity (Wildman–Crippen MR) is 106 cm³/mol. The fourth-order valence-corrected chi connectivity index (χ4v) is 4.63. The number of benzene rings is 1. The van der Waals surface area contributed by atoms with Crippen LogP contribution in [0.3, 0.4) is 0 Å². The van der Waals surface area contributed by atoms with Crippen molar-refractivity contribution in [2.75, 3.05) is 19.6 Å². The Hall–Kier alpha value is -2.21. The molecule has 2 saturated heterocycles. The Morgan fingerprint density at radius 3 is 2.96 bits per heavy atom. The summed E-state index contributed by atoms with van der Waals surface area (Å²) in [5.74, 6) is 1.19. The van der Waals surface area contributed by atoms with Crippen LogP contribution in [0.5, 0.6) is 0 Å². The van der Waals surface area contributed by atoms with E-state index in [1.165, 1.54) is 45.2 Å². The number of hydrogen-bond donors (Lipinski definition) is 2. The Kier molecular flexibility index (Phi) is 5.53. The summed E-state index contributed by atoms with van der Waals surface area (Å²) in [5.41, 5.74) is 0.534. The lowest BCUT2D eigenvalue weighted by molar-refractivity contribution is -0.121. The van der Waals surface area contributed by atoms with E-state index in [0.717, 1.165) is 6.54 Å². The minimum atomic E-state index is -0.143. The number of aromatic nitrogens is 2. The number of nitrogens with one attached hydrogen (secondary N) is 2. The Labute approximate surface area is 159 Å². The minimum absolute atomic E-state index is 0.0405. The first kappa shape index (κ1) is 18.2. The van der Waals surface area contributed by atoms with Gasteiger partial charge in [0.1, 0.15) is 5.82 Å². The van der Waals surface area contributed by atoms with Gasteiger partial charge in [-0.1, -0.05) is 18.6 Å². The van der Waals surface area contributed by atoms with Crippen molar-refractivity contribution in [1.82, 2.24) is 20.2 Å². The van der Waals surface area contributed by atoms with Crippen LogP contribution < -0.4 is 10.9 Å². The Balaban J connectivity index is 1.30. The molecule has 0 aliphatic carbocycles. The van der Waals surface area contributed by atoms with Gasteiger partial charge in [-0.25, -0.2) is 4.98 Å². The zero-order valence-electron chi connectivity index (χ0n) is 15.7. The van der Waals surface area contributed by atoms with Gasteiger partial charge in [0.15, 0.2) is 0 Å². The molecule has 27 heavy (non-hydrogen) atoms. The summed E-state index contributed by atoms with van der Waals surface area (Å²) < 4.78 is 0. The van der Waals surface area contributed by atoms with E-state index in [1.54, 1.807) is 6.07 Å². The maximum Gasteiger partial charge on any atom is 0.258 e. The molecule has 2 aliphatic rings. The maximum absolute atomic E-state index is 12.3. The summed E-state index contributed by atoms with van der Waals surface area (Å²) in [4.78, 5) is 34.3. The third kappa shape index (κ3) is 4.21. The monoisotopic (exact) mass is 368 g/mol. The number of aryl methyl sites for hydroxylation is 1. The number of hydrogen-bond acceptors (Lipinski definition) is 4. The zero-order valence-corrected chi connectivity index (χ0v) is 15.7. The van der Waals surface area contributed by atoms with Gasteiger partial charge < -0.3 is 15.2 Å². The van der Waals surface area contributed by atoms with Crippen molar-refractivity contribution in [3.05, 3.63) is 40.4 Å². The van der Waals surface area contributed by atoms with Crippen LogP contribution in [-0.4, -0.2) is 46.5 Å². The molecule has 2 fully saturated rings. The molecule has 0 radical (unpaired) electrons. The molecule has 0 unspecified atom stereocenters. The van der Waals surface area contributed by atoms with Crippen LogP contribution in [0.15, 0.2) is 29.1 Å². The molecule has 2 aliphatic heterocycles. The van der Waals surface area contributed by atoms with E-state index in [9.17, 15) is 9.59 Å². The normalized spacial score (nSPS) is 23.1. The first-order valence-electron chi connectivity index (χ1n) is 10.2. The number of aromatic amines is 1. The summed E-state index contributed by atoms with van der Waals surface area (Å²) in [5, 5.41) is 3.71. The summed E-state index contributed by atoms with van der Waals surface area (Å²) >= 11 is 0.